The maximum absolute atomic E-state index is 11.8. The minimum absolute atomic E-state index is 0.246. The predicted molar refractivity (Wildman–Crippen MR) is 64.9 cm³/mol. The van der Waals surface area contributed by atoms with Gasteiger partial charge in [0.25, 0.3) is 0 Å². The average molecular weight is 258 g/mol. The largest absolute Gasteiger partial charge is 0.465 e. The van der Waals surface area contributed by atoms with Crippen molar-refractivity contribution in [3.63, 3.8) is 0 Å². The number of esters is 2. The lowest BCUT2D eigenvalue weighted by molar-refractivity contribution is -0.162. The van der Waals surface area contributed by atoms with Gasteiger partial charge in [-0.15, -0.1) is 0 Å². The molecule has 0 amide bonds. The minimum Gasteiger partial charge on any atom is -0.465 e. The van der Waals surface area contributed by atoms with E-state index in [1.165, 1.54) is 0 Å². The zero-order valence-electron chi connectivity index (χ0n) is 11.7. The molecule has 1 aliphatic rings. The van der Waals surface area contributed by atoms with E-state index in [4.69, 9.17) is 14.2 Å². The van der Waals surface area contributed by atoms with Crippen LogP contribution in [0.25, 0.3) is 0 Å². The lowest BCUT2D eigenvalue weighted by atomic mass is 9.88. The summed E-state index contributed by atoms with van der Waals surface area (Å²) in [5.74, 6) is -1.98. The lowest BCUT2D eigenvalue weighted by Crippen LogP contribution is -2.33. The maximum Gasteiger partial charge on any atom is 0.320 e. The molecule has 0 saturated carbocycles. The Balaban J connectivity index is 2.73. The van der Waals surface area contributed by atoms with Crippen LogP contribution in [0, 0.1) is 5.92 Å². The molecule has 1 heterocycles. The van der Waals surface area contributed by atoms with Gasteiger partial charge in [0.05, 0.1) is 24.4 Å². The molecule has 1 unspecified atom stereocenters. The zero-order valence-corrected chi connectivity index (χ0v) is 11.7. The van der Waals surface area contributed by atoms with Crippen molar-refractivity contribution in [3.8, 4) is 0 Å². The summed E-state index contributed by atoms with van der Waals surface area (Å²) < 4.78 is 15.4. The van der Waals surface area contributed by atoms with Gasteiger partial charge in [-0.2, -0.15) is 0 Å². The molecule has 5 heteroatoms. The first-order valence-electron chi connectivity index (χ1n) is 6.31. The highest BCUT2D eigenvalue weighted by molar-refractivity contribution is 5.95. The third-order valence-corrected chi connectivity index (χ3v) is 3.45. The second-order valence-corrected chi connectivity index (χ2v) is 5.10. The van der Waals surface area contributed by atoms with E-state index in [0.29, 0.717) is 0 Å². The summed E-state index contributed by atoms with van der Waals surface area (Å²) in [5.41, 5.74) is -0.790. The molecule has 0 aliphatic carbocycles. The first-order chi connectivity index (χ1) is 8.27. The van der Waals surface area contributed by atoms with E-state index >= 15 is 0 Å². The predicted octanol–water partition coefficient (Wildman–Crippen LogP) is 1.69. The maximum atomic E-state index is 11.8. The Bertz CT molecular complexity index is 318. The highest BCUT2D eigenvalue weighted by Gasteiger charge is 2.62. The monoisotopic (exact) mass is 258 g/mol. The molecule has 0 N–H and O–H groups in total. The molecule has 1 rings (SSSR count). The van der Waals surface area contributed by atoms with Gasteiger partial charge in [0.1, 0.15) is 0 Å². The summed E-state index contributed by atoms with van der Waals surface area (Å²) >= 11 is 0. The standard InChI is InChI=1S/C13H22O5/c1-6-16-10(14)9(11(15)17-7-2)8-13(5)12(3,4)18-13/h9H,6-8H2,1-5H3. The number of carbonyl (C=O) groups excluding carboxylic acids is 2. The fourth-order valence-corrected chi connectivity index (χ4v) is 1.96. The Labute approximate surface area is 108 Å². The van der Waals surface area contributed by atoms with Gasteiger partial charge >= 0.3 is 11.9 Å². The molecule has 0 radical (unpaired) electrons. The second-order valence-electron chi connectivity index (χ2n) is 5.10. The van der Waals surface area contributed by atoms with Crippen LogP contribution in [0.2, 0.25) is 0 Å². The fourth-order valence-electron chi connectivity index (χ4n) is 1.96. The molecule has 5 nitrogen and oxygen atoms in total. The number of rotatable bonds is 6. The molecule has 104 valence electrons. The Morgan fingerprint density at radius 3 is 1.72 bits per heavy atom. The van der Waals surface area contributed by atoms with E-state index in [1.54, 1.807) is 13.8 Å². The summed E-state index contributed by atoms with van der Waals surface area (Å²) in [6, 6.07) is 0. The normalized spacial score (nSPS) is 24.8. The number of epoxide rings is 1. The van der Waals surface area contributed by atoms with E-state index in [9.17, 15) is 9.59 Å². The van der Waals surface area contributed by atoms with Crippen molar-refractivity contribution in [3.05, 3.63) is 0 Å². The first kappa shape index (κ1) is 15.0. The van der Waals surface area contributed by atoms with Gasteiger partial charge in [-0.1, -0.05) is 0 Å². The molecule has 0 bridgehead atoms. The molecule has 1 aliphatic heterocycles. The number of ether oxygens (including phenoxy) is 3. The van der Waals surface area contributed by atoms with Gasteiger partial charge in [0.15, 0.2) is 5.92 Å². The van der Waals surface area contributed by atoms with Crippen LogP contribution in [0.4, 0.5) is 0 Å². The SMILES string of the molecule is CCOC(=O)C(CC1(C)OC1(C)C)C(=O)OCC. The highest BCUT2D eigenvalue weighted by Crippen LogP contribution is 2.51. The molecule has 0 aromatic rings. The summed E-state index contributed by atoms with van der Waals surface area (Å²) in [6.45, 7) is 9.66. The van der Waals surface area contributed by atoms with E-state index in [-0.39, 0.29) is 25.2 Å². The first-order valence-corrected chi connectivity index (χ1v) is 6.31. The molecule has 1 atom stereocenters. The van der Waals surface area contributed by atoms with Gasteiger partial charge in [-0.05, 0) is 34.6 Å². The van der Waals surface area contributed by atoms with Crippen LogP contribution >= 0.6 is 0 Å². The van der Waals surface area contributed by atoms with Crippen molar-refractivity contribution in [1.29, 1.82) is 0 Å². The second kappa shape index (κ2) is 5.26. The van der Waals surface area contributed by atoms with Crippen LogP contribution in [-0.2, 0) is 23.8 Å². The van der Waals surface area contributed by atoms with Crippen molar-refractivity contribution in [2.45, 2.75) is 52.2 Å². The lowest BCUT2D eigenvalue weighted by Gasteiger charge is -2.17. The molecular formula is C13H22O5. The van der Waals surface area contributed by atoms with Crippen molar-refractivity contribution in [2.75, 3.05) is 13.2 Å². The number of hydrogen-bond acceptors (Lipinski definition) is 5. The third-order valence-electron chi connectivity index (χ3n) is 3.45. The molecule has 18 heavy (non-hydrogen) atoms. The van der Waals surface area contributed by atoms with Crippen LogP contribution < -0.4 is 0 Å². The Hall–Kier alpha value is -1.10. The molecule has 0 aromatic carbocycles. The topological polar surface area (TPSA) is 65.1 Å². The number of carbonyl (C=O) groups is 2. The molecule has 1 saturated heterocycles. The van der Waals surface area contributed by atoms with Gasteiger partial charge in [0.2, 0.25) is 0 Å². The van der Waals surface area contributed by atoms with Gasteiger partial charge < -0.3 is 14.2 Å². The summed E-state index contributed by atoms with van der Waals surface area (Å²) in [4.78, 5) is 23.6. The van der Waals surface area contributed by atoms with Gasteiger partial charge in [-0.25, -0.2) is 0 Å². The summed E-state index contributed by atoms with van der Waals surface area (Å²) in [6.07, 6.45) is 0.289. The van der Waals surface area contributed by atoms with E-state index in [1.807, 2.05) is 20.8 Å². The van der Waals surface area contributed by atoms with Crippen LogP contribution in [0.5, 0.6) is 0 Å². The fraction of sp³-hybridized carbons (Fsp3) is 0.846. The smallest absolute Gasteiger partial charge is 0.320 e. The minimum atomic E-state index is -0.906. The molecular weight excluding hydrogens is 236 g/mol. The van der Waals surface area contributed by atoms with Crippen LogP contribution in [0.1, 0.15) is 41.0 Å². The van der Waals surface area contributed by atoms with Crippen molar-refractivity contribution in [1.82, 2.24) is 0 Å². The number of hydrogen-bond donors (Lipinski definition) is 0. The van der Waals surface area contributed by atoms with E-state index in [0.717, 1.165) is 0 Å². The molecule has 0 spiro atoms. The Kier molecular flexibility index (Phi) is 4.37. The van der Waals surface area contributed by atoms with Gasteiger partial charge in [0, 0.05) is 6.42 Å². The van der Waals surface area contributed by atoms with E-state index in [2.05, 4.69) is 0 Å². The van der Waals surface area contributed by atoms with Crippen molar-refractivity contribution >= 4 is 11.9 Å². The van der Waals surface area contributed by atoms with Crippen molar-refractivity contribution in [2.24, 2.45) is 5.92 Å². The van der Waals surface area contributed by atoms with Gasteiger partial charge in [-0.3, -0.25) is 9.59 Å². The van der Waals surface area contributed by atoms with Crippen molar-refractivity contribution < 1.29 is 23.8 Å². The molecule has 0 aromatic heterocycles. The summed E-state index contributed by atoms with van der Waals surface area (Å²) in [7, 11) is 0. The summed E-state index contributed by atoms with van der Waals surface area (Å²) in [5, 5.41) is 0. The van der Waals surface area contributed by atoms with E-state index < -0.39 is 23.5 Å². The highest BCUT2D eigenvalue weighted by atomic mass is 16.6. The van der Waals surface area contributed by atoms with Crippen LogP contribution in [0.15, 0.2) is 0 Å². The Morgan fingerprint density at radius 2 is 1.44 bits per heavy atom. The third kappa shape index (κ3) is 3.02. The van der Waals surface area contributed by atoms with Crippen LogP contribution in [-0.4, -0.2) is 36.4 Å². The van der Waals surface area contributed by atoms with Crippen LogP contribution in [0.3, 0.4) is 0 Å². The Morgan fingerprint density at radius 1 is 1.06 bits per heavy atom. The average Bonchev–Trinajstić information content (AvgIpc) is 2.75. The quantitative estimate of drug-likeness (QED) is 0.412. The zero-order chi connectivity index (χ0) is 14.0. The molecule has 1 fully saturated rings.